The van der Waals surface area contributed by atoms with Gasteiger partial charge in [-0.3, -0.25) is 14.4 Å². The van der Waals surface area contributed by atoms with Crippen LogP contribution < -0.4 is 5.32 Å². The van der Waals surface area contributed by atoms with E-state index < -0.39 is 0 Å². The topological polar surface area (TPSA) is 50.2 Å². The predicted octanol–water partition coefficient (Wildman–Crippen LogP) is 3.05. The van der Waals surface area contributed by atoms with E-state index in [0.717, 1.165) is 31.7 Å². The molecule has 1 amide bonds. The third-order valence-corrected chi connectivity index (χ3v) is 4.71. The zero-order valence-electron chi connectivity index (χ0n) is 14.3. The van der Waals surface area contributed by atoms with Gasteiger partial charge in [0.15, 0.2) is 0 Å². The number of likely N-dealkylation sites (tertiary alicyclic amines) is 1. The van der Waals surface area contributed by atoms with Crippen LogP contribution in [-0.2, 0) is 18.4 Å². The second kappa shape index (κ2) is 8.11. The molecular formula is C19H26N4O. The molecule has 1 aliphatic rings. The molecule has 0 radical (unpaired) electrons. The van der Waals surface area contributed by atoms with Crippen LogP contribution in [0.3, 0.4) is 0 Å². The molecular weight excluding hydrogens is 300 g/mol. The van der Waals surface area contributed by atoms with Crippen molar-refractivity contribution in [2.45, 2.75) is 32.2 Å². The Hall–Kier alpha value is -2.14. The maximum absolute atomic E-state index is 12.0. The zero-order chi connectivity index (χ0) is 16.8. The lowest BCUT2D eigenvalue weighted by molar-refractivity contribution is -0.116. The molecule has 1 aliphatic heterocycles. The molecule has 5 nitrogen and oxygen atoms in total. The van der Waals surface area contributed by atoms with Gasteiger partial charge in [-0.15, -0.1) is 0 Å². The molecule has 128 valence electrons. The van der Waals surface area contributed by atoms with E-state index >= 15 is 0 Å². The molecule has 24 heavy (non-hydrogen) atoms. The summed E-state index contributed by atoms with van der Waals surface area (Å²) in [6.45, 7) is 3.20. The van der Waals surface area contributed by atoms with Crippen LogP contribution >= 0.6 is 0 Å². The van der Waals surface area contributed by atoms with Crippen LogP contribution in [0.1, 0.15) is 31.2 Å². The van der Waals surface area contributed by atoms with Gasteiger partial charge in [0.1, 0.15) is 0 Å². The Labute approximate surface area is 143 Å². The van der Waals surface area contributed by atoms with Gasteiger partial charge < -0.3 is 5.32 Å². The maximum Gasteiger partial charge on any atom is 0.224 e. The largest absolute Gasteiger partial charge is 0.326 e. The quantitative estimate of drug-likeness (QED) is 0.887. The number of rotatable bonds is 6. The Morgan fingerprint density at radius 3 is 2.67 bits per heavy atom. The summed E-state index contributed by atoms with van der Waals surface area (Å²) in [6.07, 6.45) is 7.99. The number of aryl methyl sites for hydroxylation is 1. The highest BCUT2D eigenvalue weighted by Gasteiger charge is 2.20. The third-order valence-electron chi connectivity index (χ3n) is 4.71. The summed E-state index contributed by atoms with van der Waals surface area (Å²) in [5.74, 6) is 0.788. The van der Waals surface area contributed by atoms with Gasteiger partial charge in [0.2, 0.25) is 5.91 Å². The summed E-state index contributed by atoms with van der Waals surface area (Å²) in [4.78, 5) is 14.5. The molecule has 1 aromatic heterocycles. The summed E-state index contributed by atoms with van der Waals surface area (Å²) < 4.78 is 1.85. The lowest BCUT2D eigenvalue weighted by Crippen LogP contribution is -2.33. The molecule has 0 unspecified atom stereocenters. The van der Waals surface area contributed by atoms with Crippen LogP contribution in [-0.4, -0.2) is 33.7 Å². The number of hydrogen-bond donors (Lipinski definition) is 1. The highest BCUT2D eigenvalue weighted by Crippen LogP contribution is 2.23. The first-order valence-electron chi connectivity index (χ1n) is 8.74. The first-order valence-corrected chi connectivity index (χ1v) is 8.74. The Bertz CT molecular complexity index is 644. The molecule has 0 aliphatic carbocycles. The first-order chi connectivity index (χ1) is 11.7. The Kier molecular flexibility index (Phi) is 5.64. The van der Waals surface area contributed by atoms with Crippen LogP contribution in [0.4, 0.5) is 5.69 Å². The molecule has 5 heteroatoms. The minimum Gasteiger partial charge on any atom is -0.326 e. The highest BCUT2D eigenvalue weighted by molar-refractivity contribution is 5.90. The summed E-state index contributed by atoms with van der Waals surface area (Å²) in [5.41, 5.74) is 2.16. The average Bonchev–Trinajstić information content (AvgIpc) is 3.00. The number of aromatic nitrogens is 2. The van der Waals surface area contributed by atoms with Gasteiger partial charge in [0.05, 0.1) is 6.20 Å². The number of piperidine rings is 1. The van der Waals surface area contributed by atoms with Crippen LogP contribution in [0.2, 0.25) is 0 Å². The van der Waals surface area contributed by atoms with Crippen molar-refractivity contribution in [3.05, 3.63) is 48.3 Å². The van der Waals surface area contributed by atoms with Gasteiger partial charge in [-0.05, 0) is 50.4 Å². The Balaban J connectivity index is 1.35. The van der Waals surface area contributed by atoms with Gasteiger partial charge in [-0.25, -0.2) is 0 Å². The monoisotopic (exact) mass is 326 g/mol. The number of anilines is 1. The number of amides is 1. The number of carbonyl (C=O) groups is 1. The molecule has 0 atom stereocenters. The van der Waals surface area contributed by atoms with E-state index in [1.54, 1.807) is 0 Å². The van der Waals surface area contributed by atoms with Gasteiger partial charge in [-0.2, -0.15) is 5.10 Å². The van der Waals surface area contributed by atoms with Crippen molar-refractivity contribution < 1.29 is 4.79 Å². The van der Waals surface area contributed by atoms with Crippen molar-refractivity contribution in [1.29, 1.82) is 0 Å². The van der Waals surface area contributed by atoms with E-state index in [4.69, 9.17) is 0 Å². The molecule has 2 aromatic rings. The third kappa shape index (κ3) is 4.93. The molecule has 0 saturated carbocycles. The van der Waals surface area contributed by atoms with Crippen molar-refractivity contribution in [3.8, 4) is 0 Å². The van der Waals surface area contributed by atoms with Crippen molar-refractivity contribution >= 4 is 11.6 Å². The SMILES string of the molecule is Cn1cc(CN2CCC(CCC(=O)Nc3ccccc3)CC2)cn1. The summed E-state index contributed by atoms with van der Waals surface area (Å²) in [7, 11) is 1.95. The maximum atomic E-state index is 12.0. The minimum absolute atomic E-state index is 0.124. The van der Waals surface area contributed by atoms with E-state index in [0.29, 0.717) is 12.3 Å². The standard InChI is InChI=1S/C19H26N4O/c1-22-14-17(13-20-22)15-23-11-9-16(10-12-23)7-8-19(24)21-18-5-3-2-4-6-18/h2-6,13-14,16H,7-12,15H2,1H3,(H,21,24). The lowest BCUT2D eigenvalue weighted by Gasteiger charge is -2.31. The summed E-state index contributed by atoms with van der Waals surface area (Å²) in [5, 5.41) is 7.19. The normalized spacial score (nSPS) is 16.2. The molecule has 1 aromatic carbocycles. The molecule has 3 rings (SSSR count). The minimum atomic E-state index is 0.124. The zero-order valence-corrected chi connectivity index (χ0v) is 14.3. The molecule has 1 fully saturated rings. The second-order valence-corrected chi connectivity index (χ2v) is 6.69. The molecule has 2 heterocycles. The molecule has 0 bridgehead atoms. The number of hydrogen-bond acceptors (Lipinski definition) is 3. The fourth-order valence-electron chi connectivity index (χ4n) is 3.33. The number of nitrogens with zero attached hydrogens (tertiary/aromatic N) is 3. The number of para-hydroxylation sites is 1. The second-order valence-electron chi connectivity index (χ2n) is 6.69. The summed E-state index contributed by atoms with van der Waals surface area (Å²) >= 11 is 0. The molecule has 1 saturated heterocycles. The van der Waals surface area contributed by atoms with Crippen LogP contribution in [0, 0.1) is 5.92 Å². The van der Waals surface area contributed by atoms with Crippen molar-refractivity contribution in [3.63, 3.8) is 0 Å². The first kappa shape index (κ1) is 16.7. The number of benzene rings is 1. The fraction of sp³-hybridized carbons (Fsp3) is 0.474. The number of carbonyl (C=O) groups excluding carboxylic acids is 1. The van der Waals surface area contributed by atoms with Crippen molar-refractivity contribution in [2.24, 2.45) is 13.0 Å². The van der Waals surface area contributed by atoms with E-state index in [-0.39, 0.29) is 5.91 Å². The smallest absolute Gasteiger partial charge is 0.224 e. The fourth-order valence-corrected chi connectivity index (χ4v) is 3.33. The van der Waals surface area contributed by atoms with Crippen molar-refractivity contribution in [2.75, 3.05) is 18.4 Å². The molecule has 0 spiro atoms. The lowest BCUT2D eigenvalue weighted by atomic mass is 9.92. The molecule has 1 N–H and O–H groups in total. The van der Waals surface area contributed by atoms with E-state index in [1.165, 1.54) is 18.4 Å². The summed E-state index contributed by atoms with van der Waals surface area (Å²) in [6, 6.07) is 9.68. The van der Waals surface area contributed by atoms with E-state index in [9.17, 15) is 4.79 Å². The Morgan fingerprint density at radius 2 is 2.00 bits per heavy atom. The van der Waals surface area contributed by atoms with Crippen LogP contribution in [0.25, 0.3) is 0 Å². The van der Waals surface area contributed by atoms with Gasteiger partial charge in [0, 0.05) is 37.5 Å². The highest BCUT2D eigenvalue weighted by atomic mass is 16.1. The van der Waals surface area contributed by atoms with Gasteiger partial charge in [-0.1, -0.05) is 18.2 Å². The van der Waals surface area contributed by atoms with Crippen molar-refractivity contribution in [1.82, 2.24) is 14.7 Å². The average molecular weight is 326 g/mol. The predicted molar refractivity (Wildman–Crippen MR) is 95.5 cm³/mol. The van der Waals surface area contributed by atoms with Crippen LogP contribution in [0.15, 0.2) is 42.7 Å². The van der Waals surface area contributed by atoms with E-state index in [1.807, 2.05) is 48.3 Å². The number of nitrogens with one attached hydrogen (secondary N) is 1. The van der Waals surface area contributed by atoms with Gasteiger partial charge in [0.25, 0.3) is 0 Å². The van der Waals surface area contributed by atoms with E-state index in [2.05, 4.69) is 21.5 Å². The van der Waals surface area contributed by atoms with Gasteiger partial charge >= 0.3 is 0 Å². The Morgan fingerprint density at radius 1 is 1.25 bits per heavy atom. The van der Waals surface area contributed by atoms with Crippen LogP contribution in [0.5, 0.6) is 0 Å².